The second kappa shape index (κ2) is 8.53. The number of fused-ring (bicyclic) bond motifs is 1. The molecule has 32 heavy (non-hydrogen) atoms. The van der Waals surface area contributed by atoms with Gasteiger partial charge in [-0.3, -0.25) is 0 Å². The third-order valence-electron chi connectivity index (χ3n) is 5.30. The van der Waals surface area contributed by atoms with Crippen LogP contribution in [-0.2, 0) is 19.1 Å². The van der Waals surface area contributed by atoms with E-state index in [-0.39, 0.29) is 36.4 Å². The summed E-state index contributed by atoms with van der Waals surface area (Å²) in [6.07, 6.45) is -6.23. The van der Waals surface area contributed by atoms with E-state index in [0.717, 1.165) is 17.7 Å². The lowest BCUT2D eigenvalue weighted by Crippen LogP contribution is -2.37. The molecule has 0 spiro atoms. The number of carboxylic acid groups (broad SMARTS) is 1. The van der Waals surface area contributed by atoms with Crippen LogP contribution in [0.4, 0.5) is 22.4 Å². The van der Waals surface area contributed by atoms with Crippen molar-refractivity contribution in [1.82, 2.24) is 4.90 Å². The molecule has 1 unspecified atom stereocenters. The van der Waals surface area contributed by atoms with E-state index in [1.54, 1.807) is 24.3 Å². The topological polar surface area (TPSA) is 49.8 Å². The SMILES string of the molecule is O=C(O)N(Cc1ccccc1)CC1Cc2cc(F)cc(-c3ccccc3C(F)(F)F)c2O1. The number of alkyl halides is 3. The van der Waals surface area contributed by atoms with Crippen molar-refractivity contribution in [2.75, 3.05) is 6.54 Å². The molecule has 3 aromatic carbocycles. The molecular formula is C24H19F4NO3. The van der Waals surface area contributed by atoms with Gasteiger partial charge in [-0.05, 0) is 29.3 Å². The Bertz CT molecular complexity index is 1130. The summed E-state index contributed by atoms with van der Waals surface area (Å²) < 4.78 is 60.8. The van der Waals surface area contributed by atoms with Crippen molar-refractivity contribution in [2.24, 2.45) is 0 Å². The van der Waals surface area contributed by atoms with E-state index >= 15 is 0 Å². The average Bonchev–Trinajstić information content (AvgIpc) is 3.15. The molecule has 1 heterocycles. The maximum Gasteiger partial charge on any atom is 0.417 e. The quantitative estimate of drug-likeness (QED) is 0.491. The van der Waals surface area contributed by atoms with E-state index in [2.05, 4.69) is 0 Å². The zero-order chi connectivity index (χ0) is 22.9. The standard InChI is InChI=1S/C24H19F4NO3/c25-17-10-16-11-18(14-29(23(30)31)13-15-6-2-1-3-7-15)32-22(16)20(12-17)19-8-4-5-9-21(19)24(26,27)28/h1-10,12,18H,11,13-14H2,(H,30,31). The van der Waals surface area contributed by atoms with Crippen molar-refractivity contribution < 1.29 is 32.2 Å². The predicted octanol–water partition coefficient (Wildman–Crippen LogP) is 6.00. The fourth-order valence-corrected chi connectivity index (χ4v) is 3.92. The van der Waals surface area contributed by atoms with Gasteiger partial charge in [0.05, 0.1) is 12.1 Å². The number of carbonyl (C=O) groups is 1. The first-order valence-electron chi connectivity index (χ1n) is 9.90. The van der Waals surface area contributed by atoms with Crippen LogP contribution in [0.5, 0.6) is 5.75 Å². The minimum absolute atomic E-state index is 0.000333. The van der Waals surface area contributed by atoms with Gasteiger partial charge in [-0.25, -0.2) is 9.18 Å². The zero-order valence-electron chi connectivity index (χ0n) is 16.8. The first kappa shape index (κ1) is 21.7. The highest BCUT2D eigenvalue weighted by Gasteiger charge is 2.36. The summed E-state index contributed by atoms with van der Waals surface area (Å²) >= 11 is 0. The van der Waals surface area contributed by atoms with Gasteiger partial charge < -0.3 is 14.7 Å². The Balaban J connectivity index is 1.63. The number of hydrogen-bond donors (Lipinski definition) is 1. The normalized spacial score (nSPS) is 15.2. The Kier molecular flexibility index (Phi) is 5.78. The monoisotopic (exact) mass is 445 g/mol. The second-order valence-electron chi connectivity index (χ2n) is 7.58. The lowest BCUT2D eigenvalue weighted by Gasteiger charge is -2.23. The molecule has 1 aliphatic heterocycles. The predicted molar refractivity (Wildman–Crippen MR) is 110 cm³/mol. The first-order valence-corrected chi connectivity index (χ1v) is 9.90. The minimum atomic E-state index is -4.62. The third kappa shape index (κ3) is 4.54. The molecule has 0 saturated carbocycles. The first-order chi connectivity index (χ1) is 15.2. The van der Waals surface area contributed by atoms with Crippen molar-refractivity contribution >= 4 is 6.09 Å². The van der Waals surface area contributed by atoms with E-state index in [0.29, 0.717) is 5.56 Å². The van der Waals surface area contributed by atoms with Crippen LogP contribution in [0.3, 0.4) is 0 Å². The molecule has 1 N–H and O–H groups in total. The minimum Gasteiger partial charge on any atom is -0.487 e. The molecule has 0 fully saturated rings. The Morgan fingerprint density at radius 1 is 1.03 bits per heavy atom. The van der Waals surface area contributed by atoms with Crippen molar-refractivity contribution in [2.45, 2.75) is 25.2 Å². The fourth-order valence-electron chi connectivity index (χ4n) is 3.92. The van der Waals surface area contributed by atoms with Crippen molar-refractivity contribution in [3.8, 4) is 16.9 Å². The smallest absolute Gasteiger partial charge is 0.417 e. The maximum absolute atomic E-state index is 14.3. The van der Waals surface area contributed by atoms with Crippen LogP contribution in [0.1, 0.15) is 16.7 Å². The van der Waals surface area contributed by atoms with Gasteiger partial charge in [0.25, 0.3) is 0 Å². The average molecular weight is 445 g/mol. The van der Waals surface area contributed by atoms with Crippen molar-refractivity contribution in [3.05, 3.63) is 89.2 Å². The Morgan fingerprint density at radius 3 is 2.41 bits per heavy atom. The molecule has 0 radical (unpaired) electrons. The van der Waals surface area contributed by atoms with Gasteiger partial charge in [-0.1, -0.05) is 48.5 Å². The lowest BCUT2D eigenvalue weighted by molar-refractivity contribution is -0.137. The van der Waals surface area contributed by atoms with Gasteiger partial charge in [0, 0.05) is 24.1 Å². The summed E-state index contributed by atoms with van der Waals surface area (Å²) in [6.45, 7) is 0.116. The van der Waals surface area contributed by atoms with Gasteiger partial charge in [0.2, 0.25) is 0 Å². The van der Waals surface area contributed by atoms with Crippen molar-refractivity contribution in [1.29, 1.82) is 0 Å². The Morgan fingerprint density at radius 2 is 1.72 bits per heavy atom. The molecule has 3 aromatic rings. The summed E-state index contributed by atoms with van der Waals surface area (Å²) in [5.41, 5.74) is 0.121. The summed E-state index contributed by atoms with van der Waals surface area (Å²) in [6, 6.07) is 16.2. The van der Waals surface area contributed by atoms with Gasteiger partial charge in [-0.2, -0.15) is 13.2 Å². The number of ether oxygens (including phenoxy) is 1. The molecule has 1 atom stereocenters. The van der Waals surface area contributed by atoms with Crippen LogP contribution in [0, 0.1) is 5.82 Å². The van der Waals surface area contributed by atoms with Crippen LogP contribution in [0.15, 0.2) is 66.7 Å². The number of halogens is 4. The van der Waals surface area contributed by atoms with Crippen LogP contribution < -0.4 is 4.74 Å². The summed E-state index contributed by atoms with van der Waals surface area (Å²) in [5, 5.41) is 9.60. The molecule has 0 saturated heterocycles. The number of amides is 1. The van der Waals surface area contributed by atoms with Gasteiger partial charge in [0.15, 0.2) is 0 Å². The van der Waals surface area contributed by atoms with Gasteiger partial charge in [0.1, 0.15) is 17.7 Å². The summed E-state index contributed by atoms with van der Waals surface area (Å²) in [7, 11) is 0. The molecule has 4 nitrogen and oxygen atoms in total. The van der Waals surface area contributed by atoms with E-state index in [1.165, 1.54) is 29.2 Å². The highest BCUT2D eigenvalue weighted by Crippen LogP contribution is 2.44. The Hall–Kier alpha value is -3.55. The largest absolute Gasteiger partial charge is 0.487 e. The zero-order valence-corrected chi connectivity index (χ0v) is 16.8. The number of nitrogens with zero attached hydrogens (tertiary/aromatic N) is 1. The Labute approximate surface area is 181 Å². The van der Waals surface area contributed by atoms with Crippen LogP contribution in [0.2, 0.25) is 0 Å². The van der Waals surface area contributed by atoms with Crippen LogP contribution in [0.25, 0.3) is 11.1 Å². The molecule has 0 aromatic heterocycles. The molecule has 0 bridgehead atoms. The molecule has 0 aliphatic carbocycles. The molecule has 166 valence electrons. The number of hydrogen-bond acceptors (Lipinski definition) is 2. The summed E-state index contributed by atoms with van der Waals surface area (Å²) in [4.78, 5) is 12.9. The van der Waals surface area contributed by atoms with E-state index in [1.807, 2.05) is 6.07 Å². The molecule has 8 heteroatoms. The second-order valence-corrected chi connectivity index (χ2v) is 7.58. The van der Waals surface area contributed by atoms with E-state index in [4.69, 9.17) is 4.74 Å². The molecule has 4 rings (SSSR count). The van der Waals surface area contributed by atoms with Crippen LogP contribution in [-0.4, -0.2) is 28.7 Å². The number of rotatable bonds is 5. The number of benzene rings is 3. The van der Waals surface area contributed by atoms with Crippen LogP contribution >= 0.6 is 0 Å². The van der Waals surface area contributed by atoms with E-state index < -0.39 is 29.8 Å². The highest BCUT2D eigenvalue weighted by molar-refractivity contribution is 5.76. The third-order valence-corrected chi connectivity index (χ3v) is 5.30. The van der Waals surface area contributed by atoms with E-state index in [9.17, 15) is 27.5 Å². The fraction of sp³-hybridized carbons (Fsp3) is 0.208. The molecule has 1 amide bonds. The summed E-state index contributed by atoms with van der Waals surface area (Å²) in [5.74, 6) is -0.530. The van der Waals surface area contributed by atoms with Gasteiger partial charge in [-0.15, -0.1) is 0 Å². The molecular weight excluding hydrogens is 426 g/mol. The van der Waals surface area contributed by atoms with Crippen molar-refractivity contribution in [3.63, 3.8) is 0 Å². The lowest BCUT2D eigenvalue weighted by atomic mass is 9.96. The highest BCUT2D eigenvalue weighted by atomic mass is 19.4. The van der Waals surface area contributed by atoms with Gasteiger partial charge >= 0.3 is 12.3 Å². The molecule has 1 aliphatic rings. The maximum atomic E-state index is 14.3.